The van der Waals surface area contributed by atoms with Crippen LogP contribution in [-0.4, -0.2) is 22.2 Å². The van der Waals surface area contributed by atoms with Gasteiger partial charge in [-0.2, -0.15) is 23.5 Å². The van der Waals surface area contributed by atoms with E-state index >= 15 is 0 Å². The third-order valence-electron chi connectivity index (χ3n) is 5.58. The van der Waals surface area contributed by atoms with Gasteiger partial charge in [-0.1, -0.05) is 47.5 Å². The van der Waals surface area contributed by atoms with Gasteiger partial charge in [0.05, 0.1) is 21.8 Å². The van der Waals surface area contributed by atoms with Crippen molar-refractivity contribution < 1.29 is 22.7 Å². The zero-order valence-corrected chi connectivity index (χ0v) is 21.3. The first kappa shape index (κ1) is 27.0. The highest BCUT2D eigenvalue weighted by Crippen LogP contribution is 2.34. The van der Waals surface area contributed by atoms with Gasteiger partial charge in [-0.15, -0.1) is 0 Å². The number of nitrogens with zero attached hydrogens (tertiary/aromatic N) is 3. The molecule has 0 aliphatic carbocycles. The van der Waals surface area contributed by atoms with Gasteiger partial charge in [0.15, 0.2) is 5.69 Å². The Bertz CT molecular complexity index is 1510. The van der Waals surface area contributed by atoms with Crippen LogP contribution < -0.4 is 10.1 Å². The standard InChI is InChI=1S/C27H19Cl2F3N4O2/c1-16-13-19(17-5-7-18(8-6-17)26(37)34-12-11-33)9-10-23(16)38-15-20-14-24(27(30,31)32)35-36(20)25-21(28)3-2-4-22(25)29/h2-10,13-14H,12,15H2,1H3,(H,34,37). The molecular formula is C27H19Cl2F3N4O2. The Morgan fingerprint density at radius 2 is 1.71 bits per heavy atom. The van der Waals surface area contributed by atoms with E-state index in [9.17, 15) is 18.0 Å². The maximum absolute atomic E-state index is 13.4. The first-order valence-electron chi connectivity index (χ1n) is 11.2. The topological polar surface area (TPSA) is 79.9 Å². The number of ether oxygens (including phenoxy) is 1. The Morgan fingerprint density at radius 3 is 2.32 bits per heavy atom. The van der Waals surface area contributed by atoms with Crippen molar-refractivity contribution >= 4 is 29.1 Å². The van der Waals surface area contributed by atoms with Crippen molar-refractivity contribution in [3.8, 4) is 28.6 Å². The Balaban J connectivity index is 1.56. The van der Waals surface area contributed by atoms with Crippen LogP contribution >= 0.6 is 23.2 Å². The zero-order chi connectivity index (χ0) is 27.4. The molecule has 1 heterocycles. The molecule has 0 radical (unpaired) electrons. The van der Waals surface area contributed by atoms with E-state index < -0.39 is 11.9 Å². The summed E-state index contributed by atoms with van der Waals surface area (Å²) in [6, 6.07) is 19.6. The fourth-order valence-corrected chi connectivity index (χ4v) is 4.28. The lowest BCUT2D eigenvalue weighted by atomic mass is 10.0. The highest BCUT2D eigenvalue weighted by atomic mass is 35.5. The van der Waals surface area contributed by atoms with Crippen molar-refractivity contribution in [1.29, 1.82) is 5.26 Å². The second kappa shape index (κ2) is 11.2. The number of nitriles is 1. The number of carbonyl (C=O) groups is 1. The molecule has 0 spiro atoms. The summed E-state index contributed by atoms with van der Waals surface area (Å²) in [5, 5.41) is 15.1. The molecule has 0 saturated carbocycles. The van der Waals surface area contributed by atoms with Gasteiger partial charge in [0.2, 0.25) is 0 Å². The summed E-state index contributed by atoms with van der Waals surface area (Å²) in [6.45, 7) is 1.51. The van der Waals surface area contributed by atoms with E-state index in [0.29, 0.717) is 11.3 Å². The predicted molar refractivity (Wildman–Crippen MR) is 137 cm³/mol. The van der Waals surface area contributed by atoms with Crippen LogP contribution in [0.5, 0.6) is 5.75 Å². The lowest BCUT2D eigenvalue weighted by molar-refractivity contribution is -0.141. The lowest BCUT2D eigenvalue weighted by Gasteiger charge is -2.14. The van der Waals surface area contributed by atoms with Crippen LogP contribution in [0.2, 0.25) is 10.0 Å². The summed E-state index contributed by atoms with van der Waals surface area (Å²) in [6.07, 6.45) is -4.67. The van der Waals surface area contributed by atoms with Gasteiger partial charge in [0, 0.05) is 5.56 Å². The van der Waals surface area contributed by atoms with E-state index in [0.717, 1.165) is 27.4 Å². The highest BCUT2D eigenvalue weighted by Gasteiger charge is 2.35. The summed E-state index contributed by atoms with van der Waals surface area (Å²) >= 11 is 12.4. The minimum Gasteiger partial charge on any atom is -0.487 e. The molecule has 0 aliphatic heterocycles. The van der Waals surface area contributed by atoms with Gasteiger partial charge in [0.25, 0.3) is 5.91 Å². The number of benzene rings is 3. The quantitative estimate of drug-likeness (QED) is 0.247. The number of alkyl halides is 3. The van der Waals surface area contributed by atoms with Crippen molar-refractivity contribution in [2.24, 2.45) is 0 Å². The Morgan fingerprint density at radius 1 is 1.05 bits per heavy atom. The van der Waals surface area contributed by atoms with Crippen LogP contribution in [0.4, 0.5) is 13.2 Å². The monoisotopic (exact) mass is 558 g/mol. The average molecular weight is 559 g/mol. The van der Waals surface area contributed by atoms with E-state index in [-0.39, 0.29) is 40.5 Å². The zero-order valence-electron chi connectivity index (χ0n) is 19.8. The van der Waals surface area contributed by atoms with Crippen molar-refractivity contribution in [3.63, 3.8) is 0 Å². The number of para-hydroxylation sites is 1. The molecule has 1 aromatic heterocycles. The van der Waals surface area contributed by atoms with E-state index in [4.69, 9.17) is 33.2 Å². The number of hydrogen-bond donors (Lipinski definition) is 1. The normalized spacial score (nSPS) is 11.2. The minimum atomic E-state index is -4.67. The maximum Gasteiger partial charge on any atom is 0.435 e. The molecule has 0 aliphatic rings. The fourth-order valence-electron chi connectivity index (χ4n) is 3.72. The van der Waals surface area contributed by atoms with Crippen LogP contribution in [0.25, 0.3) is 16.8 Å². The van der Waals surface area contributed by atoms with Gasteiger partial charge in [-0.25, -0.2) is 4.68 Å². The molecule has 1 N–H and O–H groups in total. The van der Waals surface area contributed by atoms with Crippen LogP contribution in [0.1, 0.15) is 27.3 Å². The van der Waals surface area contributed by atoms with E-state index in [1.807, 2.05) is 19.1 Å². The van der Waals surface area contributed by atoms with Gasteiger partial charge in [-0.05, 0) is 66.1 Å². The third kappa shape index (κ3) is 5.93. The maximum atomic E-state index is 13.4. The summed E-state index contributed by atoms with van der Waals surface area (Å²) in [7, 11) is 0. The van der Waals surface area contributed by atoms with E-state index in [1.54, 1.807) is 42.5 Å². The van der Waals surface area contributed by atoms with Gasteiger partial charge >= 0.3 is 6.18 Å². The molecule has 0 fully saturated rings. The molecule has 0 bridgehead atoms. The minimum absolute atomic E-state index is 0.0784. The summed E-state index contributed by atoms with van der Waals surface area (Å²) in [5.41, 5.74) is 2.01. The van der Waals surface area contributed by atoms with Gasteiger partial charge in [0.1, 0.15) is 24.6 Å². The number of aromatic nitrogens is 2. The summed E-state index contributed by atoms with van der Waals surface area (Å²) in [5.74, 6) is 0.122. The van der Waals surface area contributed by atoms with E-state index in [2.05, 4.69) is 10.4 Å². The number of aryl methyl sites for hydroxylation is 1. The Labute approximate surface area is 226 Å². The lowest BCUT2D eigenvalue weighted by Crippen LogP contribution is -2.23. The van der Waals surface area contributed by atoms with Crippen molar-refractivity contribution in [1.82, 2.24) is 15.1 Å². The fraction of sp³-hybridized carbons (Fsp3) is 0.148. The second-order valence-corrected chi connectivity index (χ2v) is 9.00. The van der Waals surface area contributed by atoms with Gasteiger partial charge in [-0.3, -0.25) is 4.79 Å². The van der Waals surface area contributed by atoms with Crippen molar-refractivity contribution in [2.45, 2.75) is 19.7 Å². The molecule has 0 unspecified atom stereocenters. The number of hydrogen-bond acceptors (Lipinski definition) is 4. The second-order valence-electron chi connectivity index (χ2n) is 8.19. The molecule has 4 rings (SSSR count). The van der Waals surface area contributed by atoms with Crippen molar-refractivity contribution in [3.05, 3.63) is 99.3 Å². The smallest absolute Gasteiger partial charge is 0.435 e. The third-order valence-corrected chi connectivity index (χ3v) is 6.19. The molecule has 194 valence electrons. The molecule has 1 amide bonds. The molecule has 38 heavy (non-hydrogen) atoms. The number of halogens is 5. The first-order valence-corrected chi connectivity index (χ1v) is 11.9. The number of carbonyl (C=O) groups excluding carboxylic acids is 1. The van der Waals surface area contributed by atoms with E-state index in [1.165, 1.54) is 12.1 Å². The van der Waals surface area contributed by atoms with Crippen LogP contribution in [-0.2, 0) is 12.8 Å². The molecular weight excluding hydrogens is 540 g/mol. The molecule has 0 saturated heterocycles. The SMILES string of the molecule is Cc1cc(-c2ccc(C(=O)NCC#N)cc2)ccc1OCc1cc(C(F)(F)F)nn1-c1c(Cl)cccc1Cl. The number of nitrogens with one attached hydrogen (secondary N) is 1. The number of rotatable bonds is 7. The van der Waals surface area contributed by atoms with Crippen LogP contribution in [0.3, 0.4) is 0 Å². The predicted octanol–water partition coefficient (Wildman–Crippen LogP) is 7.01. The number of amides is 1. The largest absolute Gasteiger partial charge is 0.487 e. The molecule has 4 aromatic rings. The highest BCUT2D eigenvalue weighted by molar-refractivity contribution is 6.37. The Hall–Kier alpha value is -4.00. The van der Waals surface area contributed by atoms with Crippen molar-refractivity contribution in [2.75, 3.05) is 6.54 Å². The molecule has 3 aromatic carbocycles. The average Bonchev–Trinajstić information content (AvgIpc) is 3.31. The summed E-state index contributed by atoms with van der Waals surface area (Å²) in [4.78, 5) is 12.0. The summed E-state index contributed by atoms with van der Waals surface area (Å²) < 4.78 is 47.2. The van der Waals surface area contributed by atoms with Crippen LogP contribution in [0.15, 0.2) is 66.7 Å². The molecule has 6 nitrogen and oxygen atoms in total. The first-order chi connectivity index (χ1) is 18.1. The Kier molecular flexibility index (Phi) is 7.95. The van der Waals surface area contributed by atoms with Crippen LogP contribution in [0, 0.1) is 18.3 Å². The molecule has 0 atom stereocenters. The molecule has 11 heteroatoms. The van der Waals surface area contributed by atoms with Gasteiger partial charge < -0.3 is 10.1 Å².